The molecule has 0 radical (unpaired) electrons. The molecule has 0 saturated heterocycles. The van der Waals surface area contributed by atoms with Gasteiger partial charge in [-0.1, -0.05) is 6.42 Å². The van der Waals surface area contributed by atoms with Gasteiger partial charge >= 0.3 is 0 Å². The molecule has 2 atom stereocenters. The summed E-state index contributed by atoms with van der Waals surface area (Å²) in [7, 11) is 1.71. The summed E-state index contributed by atoms with van der Waals surface area (Å²) in [6, 6.07) is 0.293. The molecule has 2 saturated carbocycles. The van der Waals surface area contributed by atoms with Crippen LogP contribution in [0.4, 0.5) is 0 Å². The number of rotatable bonds is 5. The summed E-state index contributed by atoms with van der Waals surface area (Å²) in [4.78, 5) is 12.0. The van der Waals surface area contributed by atoms with E-state index >= 15 is 0 Å². The highest BCUT2D eigenvalue weighted by Gasteiger charge is 2.39. The molecular weight excluding hydrogens is 216 g/mol. The monoisotopic (exact) mass is 240 g/mol. The second-order valence-corrected chi connectivity index (χ2v) is 5.52. The minimum atomic E-state index is -0.166. The molecule has 3 N–H and O–H groups in total. The lowest BCUT2D eigenvalue weighted by Gasteiger charge is -2.40. The molecule has 98 valence electrons. The minimum Gasteiger partial charge on any atom is -0.378 e. The molecular formula is C13H24N2O2. The highest BCUT2D eigenvalue weighted by Crippen LogP contribution is 2.38. The summed E-state index contributed by atoms with van der Waals surface area (Å²) in [6.45, 7) is 0.681. The lowest BCUT2D eigenvalue weighted by Crippen LogP contribution is -2.47. The normalized spacial score (nSPS) is 30.9. The lowest BCUT2D eigenvalue weighted by atomic mass is 9.77. The van der Waals surface area contributed by atoms with Gasteiger partial charge in [0.15, 0.2) is 0 Å². The maximum Gasteiger partial charge on any atom is 0.223 e. The van der Waals surface area contributed by atoms with Crippen molar-refractivity contribution in [2.24, 2.45) is 11.7 Å². The van der Waals surface area contributed by atoms with Crippen LogP contribution >= 0.6 is 0 Å². The Bertz CT molecular complexity index is 271. The summed E-state index contributed by atoms with van der Waals surface area (Å²) in [5, 5.41) is 3.14. The molecule has 2 rings (SSSR count). The van der Waals surface area contributed by atoms with E-state index in [4.69, 9.17) is 10.5 Å². The average Bonchev–Trinajstić information content (AvgIpc) is 2.70. The van der Waals surface area contributed by atoms with Crippen LogP contribution in [-0.2, 0) is 9.53 Å². The van der Waals surface area contributed by atoms with E-state index in [9.17, 15) is 4.79 Å². The van der Waals surface area contributed by atoms with Crippen molar-refractivity contribution in [1.82, 2.24) is 5.32 Å². The Morgan fingerprint density at radius 1 is 1.41 bits per heavy atom. The number of hydrogen-bond donors (Lipinski definition) is 2. The van der Waals surface area contributed by atoms with Gasteiger partial charge in [-0.15, -0.1) is 0 Å². The Labute approximate surface area is 103 Å². The zero-order valence-corrected chi connectivity index (χ0v) is 10.7. The van der Waals surface area contributed by atoms with Gasteiger partial charge in [0, 0.05) is 13.2 Å². The minimum absolute atomic E-state index is 0.136. The highest BCUT2D eigenvalue weighted by molar-refractivity contribution is 5.77. The van der Waals surface area contributed by atoms with Crippen molar-refractivity contribution in [1.29, 1.82) is 0 Å². The zero-order chi connectivity index (χ0) is 12.3. The Morgan fingerprint density at radius 3 is 2.71 bits per heavy atom. The summed E-state index contributed by atoms with van der Waals surface area (Å²) < 4.78 is 5.48. The zero-order valence-electron chi connectivity index (χ0n) is 10.7. The third kappa shape index (κ3) is 2.80. The number of carbonyl (C=O) groups excluding carboxylic acids is 1. The van der Waals surface area contributed by atoms with Crippen LogP contribution < -0.4 is 11.1 Å². The van der Waals surface area contributed by atoms with E-state index in [1.807, 2.05) is 0 Å². The molecule has 0 aromatic heterocycles. The van der Waals surface area contributed by atoms with E-state index < -0.39 is 0 Å². The molecule has 0 aromatic carbocycles. The molecule has 0 bridgehead atoms. The van der Waals surface area contributed by atoms with Gasteiger partial charge in [0.25, 0.3) is 0 Å². The van der Waals surface area contributed by atoms with E-state index in [-0.39, 0.29) is 11.5 Å². The van der Waals surface area contributed by atoms with Crippen LogP contribution in [0.5, 0.6) is 0 Å². The number of nitrogens with one attached hydrogen (secondary N) is 1. The van der Waals surface area contributed by atoms with Gasteiger partial charge in [0.2, 0.25) is 5.91 Å². The molecule has 0 aromatic rings. The Balaban J connectivity index is 1.80. The fourth-order valence-electron chi connectivity index (χ4n) is 3.08. The van der Waals surface area contributed by atoms with E-state index in [0.29, 0.717) is 24.9 Å². The summed E-state index contributed by atoms with van der Waals surface area (Å²) in [5.74, 6) is 0.607. The summed E-state index contributed by atoms with van der Waals surface area (Å²) in [6.07, 6.45) is 7.13. The van der Waals surface area contributed by atoms with Crippen molar-refractivity contribution in [3.63, 3.8) is 0 Å². The topological polar surface area (TPSA) is 64.3 Å². The molecule has 0 heterocycles. The molecule has 2 unspecified atom stereocenters. The second kappa shape index (κ2) is 5.36. The number of methoxy groups -OCH3 is 1. The van der Waals surface area contributed by atoms with Crippen LogP contribution in [0.2, 0.25) is 0 Å². The van der Waals surface area contributed by atoms with Crippen molar-refractivity contribution in [3.05, 3.63) is 0 Å². The number of nitrogens with two attached hydrogens (primary N) is 1. The molecule has 4 nitrogen and oxygen atoms in total. The molecule has 4 heteroatoms. The van der Waals surface area contributed by atoms with Crippen molar-refractivity contribution < 1.29 is 9.53 Å². The number of carbonyl (C=O) groups is 1. The second-order valence-electron chi connectivity index (χ2n) is 5.52. The first-order chi connectivity index (χ1) is 8.19. The standard InChI is InChI=1S/C13H24N2O2/c1-17-13(6-3-7-13)8-12(16)15-11-5-2-4-10(11)9-14/h10-11H,2-9,14H2,1H3,(H,15,16). The number of ether oxygens (including phenoxy) is 1. The van der Waals surface area contributed by atoms with Gasteiger partial charge in [-0.3, -0.25) is 4.79 Å². The van der Waals surface area contributed by atoms with Crippen LogP contribution in [0.1, 0.15) is 44.9 Å². The van der Waals surface area contributed by atoms with Gasteiger partial charge in [0.1, 0.15) is 0 Å². The van der Waals surface area contributed by atoms with E-state index in [0.717, 1.165) is 25.7 Å². The first-order valence-electron chi connectivity index (χ1n) is 6.74. The SMILES string of the molecule is COC1(CC(=O)NC2CCCC2CN)CCC1. The van der Waals surface area contributed by atoms with E-state index in [1.54, 1.807) is 7.11 Å². The number of amides is 1. The van der Waals surface area contributed by atoms with Crippen LogP contribution in [0.3, 0.4) is 0 Å². The Kier molecular flexibility index (Phi) is 4.05. The first-order valence-corrected chi connectivity index (χ1v) is 6.74. The molecule has 17 heavy (non-hydrogen) atoms. The van der Waals surface area contributed by atoms with Gasteiger partial charge < -0.3 is 15.8 Å². The van der Waals surface area contributed by atoms with E-state index in [2.05, 4.69) is 5.32 Å². The smallest absolute Gasteiger partial charge is 0.223 e. The van der Waals surface area contributed by atoms with Crippen LogP contribution in [-0.4, -0.2) is 31.2 Å². The van der Waals surface area contributed by atoms with Gasteiger partial charge in [-0.2, -0.15) is 0 Å². The molecule has 1 amide bonds. The van der Waals surface area contributed by atoms with Gasteiger partial charge in [-0.05, 0) is 44.6 Å². The predicted octanol–water partition coefficient (Wildman–Crippen LogP) is 1.19. The van der Waals surface area contributed by atoms with Crippen LogP contribution in [0, 0.1) is 5.92 Å². The summed E-state index contributed by atoms with van der Waals surface area (Å²) >= 11 is 0. The molecule has 2 fully saturated rings. The van der Waals surface area contributed by atoms with Crippen molar-refractivity contribution in [2.45, 2.75) is 56.6 Å². The van der Waals surface area contributed by atoms with Crippen LogP contribution in [0.15, 0.2) is 0 Å². The molecule has 2 aliphatic carbocycles. The van der Waals surface area contributed by atoms with Crippen molar-refractivity contribution in [3.8, 4) is 0 Å². The third-order valence-corrected chi connectivity index (χ3v) is 4.49. The Hall–Kier alpha value is -0.610. The van der Waals surface area contributed by atoms with Crippen molar-refractivity contribution >= 4 is 5.91 Å². The first kappa shape index (κ1) is 12.8. The quantitative estimate of drug-likeness (QED) is 0.758. The maximum absolute atomic E-state index is 12.0. The number of hydrogen-bond acceptors (Lipinski definition) is 3. The van der Waals surface area contributed by atoms with Crippen molar-refractivity contribution in [2.75, 3.05) is 13.7 Å². The predicted molar refractivity (Wildman–Crippen MR) is 66.5 cm³/mol. The highest BCUT2D eigenvalue weighted by atomic mass is 16.5. The molecule has 0 aliphatic heterocycles. The summed E-state index contributed by atoms with van der Waals surface area (Å²) in [5.41, 5.74) is 5.55. The molecule has 0 spiro atoms. The molecule has 2 aliphatic rings. The van der Waals surface area contributed by atoms with Gasteiger partial charge in [-0.25, -0.2) is 0 Å². The van der Waals surface area contributed by atoms with E-state index in [1.165, 1.54) is 12.8 Å². The third-order valence-electron chi connectivity index (χ3n) is 4.49. The Morgan fingerprint density at radius 2 is 2.18 bits per heavy atom. The van der Waals surface area contributed by atoms with Crippen LogP contribution in [0.25, 0.3) is 0 Å². The maximum atomic E-state index is 12.0. The largest absolute Gasteiger partial charge is 0.378 e. The fraction of sp³-hybridized carbons (Fsp3) is 0.923. The average molecular weight is 240 g/mol. The fourth-order valence-corrected chi connectivity index (χ4v) is 3.08. The van der Waals surface area contributed by atoms with Gasteiger partial charge in [0.05, 0.1) is 12.0 Å². The lowest BCUT2D eigenvalue weighted by molar-refractivity contribution is -0.135.